The van der Waals surface area contributed by atoms with Crippen LogP contribution in [0, 0.1) is 0 Å². The van der Waals surface area contributed by atoms with E-state index in [1.807, 2.05) is 0 Å². The second kappa shape index (κ2) is 4.07. The van der Waals surface area contributed by atoms with Crippen molar-refractivity contribution in [1.82, 2.24) is 0 Å². The van der Waals surface area contributed by atoms with Crippen molar-refractivity contribution in [3.63, 3.8) is 0 Å². The molecule has 13 heavy (non-hydrogen) atoms. The largest absolute Gasteiger partial charge is 0.219 e. The molecule has 70 valence electrons. The molecule has 0 unspecified atom stereocenters. The summed E-state index contributed by atoms with van der Waals surface area (Å²) >= 11 is 3.22. The van der Waals surface area contributed by atoms with Crippen LogP contribution >= 0.6 is 15.9 Å². The molecular weight excluding hydrogens is 252 g/mol. The van der Waals surface area contributed by atoms with Crippen LogP contribution in [0.2, 0.25) is 0 Å². The molecule has 4 heteroatoms. The number of halogens is 1. The predicted octanol–water partition coefficient (Wildman–Crippen LogP) is 2.76. The Hall–Kier alpha value is -0.610. The minimum atomic E-state index is -3.24. The van der Waals surface area contributed by atoms with Crippen molar-refractivity contribution < 1.29 is 8.42 Å². The first-order valence-electron chi connectivity index (χ1n) is 3.69. The van der Waals surface area contributed by atoms with Crippen molar-refractivity contribution in [1.29, 1.82) is 0 Å². The molecular formula is C9H9BrO2S. The molecule has 0 radical (unpaired) electrons. The Labute approximate surface area is 86.3 Å². The van der Waals surface area contributed by atoms with Gasteiger partial charge in [-0.1, -0.05) is 28.1 Å². The van der Waals surface area contributed by atoms with Crippen LogP contribution in [-0.2, 0) is 9.84 Å². The van der Waals surface area contributed by atoms with Gasteiger partial charge in [-0.15, -0.1) is 0 Å². The number of sulfone groups is 1. The molecule has 0 N–H and O–H groups in total. The molecule has 1 rings (SSSR count). The zero-order chi connectivity index (χ0) is 9.90. The summed E-state index contributed by atoms with van der Waals surface area (Å²) < 4.78 is 23.7. The number of benzene rings is 1. The Bertz CT molecular complexity index is 421. The summed E-state index contributed by atoms with van der Waals surface area (Å²) in [5.41, 5.74) is 0. The van der Waals surface area contributed by atoms with E-state index >= 15 is 0 Å². The molecule has 2 nitrogen and oxygen atoms in total. The summed E-state index contributed by atoms with van der Waals surface area (Å²) in [6, 6.07) is 6.63. The van der Waals surface area contributed by atoms with Gasteiger partial charge in [0, 0.05) is 9.88 Å². The van der Waals surface area contributed by atoms with Crippen molar-refractivity contribution in [2.75, 3.05) is 0 Å². The Morgan fingerprint density at radius 2 is 2.08 bits per heavy atom. The maximum absolute atomic E-state index is 11.5. The molecule has 0 amide bonds. The van der Waals surface area contributed by atoms with Gasteiger partial charge in [0.15, 0.2) is 9.84 Å². The highest BCUT2D eigenvalue weighted by Crippen LogP contribution is 2.17. The van der Waals surface area contributed by atoms with E-state index in [4.69, 9.17) is 0 Å². The van der Waals surface area contributed by atoms with Crippen LogP contribution in [0.15, 0.2) is 45.1 Å². The molecule has 0 saturated heterocycles. The summed E-state index contributed by atoms with van der Waals surface area (Å²) in [4.78, 5) is 0.306. The molecule has 0 heterocycles. The molecule has 0 atom stereocenters. The Balaban J connectivity index is 3.23. The molecule has 0 bridgehead atoms. The van der Waals surface area contributed by atoms with Crippen molar-refractivity contribution in [2.24, 2.45) is 0 Å². The average molecular weight is 261 g/mol. The maximum Gasteiger partial charge on any atom is 0.199 e. The van der Waals surface area contributed by atoms with Crippen LogP contribution in [0.5, 0.6) is 0 Å². The lowest BCUT2D eigenvalue weighted by Crippen LogP contribution is -1.95. The molecule has 0 saturated carbocycles. The fourth-order valence-corrected chi connectivity index (χ4v) is 2.53. The Morgan fingerprint density at radius 1 is 1.38 bits per heavy atom. The van der Waals surface area contributed by atoms with Crippen LogP contribution in [0.4, 0.5) is 0 Å². The SMILES string of the molecule is CC=CS(=O)(=O)c1cccc(Br)c1. The van der Waals surface area contributed by atoms with Gasteiger partial charge in [0.25, 0.3) is 0 Å². The van der Waals surface area contributed by atoms with Gasteiger partial charge in [-0.2, -0.15) is 0 Å². The lowest BCUT2D eigenvalue weighted by Gasteiger charge is -1.98. The third-order valence-electron chi connectivity index (χ3n) is 1.44. The zero-order valence-electron chi connectivity index (χ0n) is 7.07. The van der Waals surface area contributed by atoms with E-state index in [1.54, 1.807) is 31.2 Å². The number of hydrogen-bond donors (Lipinski definition) is 0. The fourth-order valence-electron chi connectivity index (χ4n) is 0.902. The van der Waals surface area contributed by atoms with Gasteiger partial charge in [0.1, 0.15) is 0 Å². The van der Waals surface area contributed by atoms with Gasteiger partial charge < -0.3 is 0 Å². The molecule has 1 aromatic carbocycles. The summed E-state index contributed by atoms with van der Waals surface area (Å²) in [6.07, 6.45) is 1.51. The zero-order valence-corrected chi connectivity index (χ0v) is 9.47. The molecule has 0 fully saturated rings. The van der Waals surface area contributed by atoms with Crippen molar-refractivity contribution in [3.05, 3.63) is 40.2 Å². The van der Waals surface area contributed by atoms with E-state index in [2.05, 4.69) is 15.9 Å². The van der Waals surface area contributed by atoms with E-state index in [0.29, 0.717) is 4.90 Å². The summed E-state index contributed by atoms with van der Waals surface area (Å²) in [6.45, 7) is 1.68. The second-order valence-corrected chi connectivity index (χ2v) is 5.22. The molecule has 0 aliphatic rings. The fraction of sp³-hybridized carbons (Fsp3) is 0.111. The smallest absolute Gasteiger partial charge is 0.199 e. The first-order chi connectivity index (χ1) is 6.06. The van der Waals surface area contributed by atoms with Crippen LogP contribution in [-0.4, -0.2) is 8.42 Å². The highest BCUT2D eigenvalue weighted by Gasteiger charge is 2.08. The second-order valence-electron chi connectivity index (χ2n) is 2.47. The lowest BCUT2D eigenvalue weighted by molar-refractivity contribution is 0.604. The summed E-state index contributed by atoms with van der Waals surface area (Å²) in [5.74, 6) is 0. The normalized spacial score (nSPS) is 12.2. The van der Waals surface area contributed by atoms with E-state index in [-0.39, 0.29) is 0 Å². The monoisotopic (exact) mass is 260 g/mol. The summed E-state index contributed by atoms with van der Waals surface area (Å²) in [7, 11) is -3.24. The number of allylic oxidation sites excluding steroid dienone is 1. The topological polar surface area (TPSA) is 34.1 Å². The third-order valence-corrected chi connectivity index (χ3v) is 3.47. The maximum atomic E-state index is 11.5. The van der Waals surface area contributed by atoms with E-state index in [9.17, 15) is 8.42 Å². The van der Waals surface area contributed by atoms with E-state index < -0.39 is 9.84 Å². The first-order valence-corrected chi connectivity index (χ1v) is 6.03. The van der Waals surface area contributed by atoms with Gasteiger partial charge in [0.2, 0.25) is 0 Å². The molecule has 0 aromatic heterocycles. The standard InChI is InChI=1S/C9H9BrO2S/c1-2-6-13(11,12)9-5-3-4-8(10)7-9/h2-7H,1H3. The van der Waals surface area contributed by atoms with Crippen LogP contribution in [0.3, 0.4) is 0 Å². The minimum absolute atomic E-state index is 0.306. The highest BCUT2D eigenvalue weighted by atomic mass is 79.9. The Morgan fingerprint density at radius 3 is 2.62 bits per heavy atom. The van der Waals surface area contributed by atoms with Gasteiger partial charge in [-0.05, 0) is 25.1 Å². The quantitative estimate of drug-likeness (QED) is 0.820. The van der Waals surface area contributed by atoms with Gasteiger partial charge in [-0.25, -0.2) is 8.42 Å². The summed E-state index contributed by atoms with van der Waals surface area (Å²) in [5, 5.41) is 1.19. The predicted molar refractivity (Wildman–Crippen MR) is 56.1 cm³/mol. The average Bonchev–Trinajstić information content (AvgIpc) is 2.04. The van der Waals surface area contributed by atoms with Gasteiger partial charge in [-0.3, -0.25) is 0 Å². The molecule has 1 aromatic rings. The molecule has 0 aliphatic heterocycles. The van der Waals surface area contributed by atoms with E-state index in [1.165, 1.54) is 11.5 Å². The highest BCUT2D eigenvalue weighted by molar-refractivity contribution is 9.10. The van der Waals surface area contributed by atoms with Crippen molar-refractivity contribution in [3.8, 4) is 0 Å². The number of hydrogen-bond acceptors (Lipinski definition) is 2. The van der Waals surface area contributed by atoms with Gasteiger partial charge in [0.05, 0.1) is 4.90 Å². The van der Waals surface area contributed by atoms with Crippen molar-refractivity contribution in [2.45, 2.75) is 11.8 Å². The van der Waals surface area contributed by atoms with E-state index in [0.717, 1.165) is 4.47 Å². The lowest BCUT2D eigenvalue weighted by atomic mass is 10.4. The van der Waals surface area contributed by atoms with Crippen LogP contribution in [0.1, 0.15) is 6.92 Å². The third kappa shape index (κ3) is 2.67. The molecule has 0 spiro atoms. The van der Waals surface area contributed by atoms with Crippen molar-refractivity contribution >= 4 is 25.8 Å². The van der Waals surface area contributed by atoms with Crippen LogP contribution < -0.4 is 0 Å². The Kier molecular flexibility index (Phi) is 3.27. The molecule has 0 aliphatic carbocycles. The van der Waals surface area contributed by atoms with Crippen LogP contribution in [0.25, 0.3) is 0 Å². The van der Waals surface area contributed by atoms with Gasteiger partial charge >= 0.3 is 0 Å². The first kappa shape index (κ1) is 10.5. The number of rotatable bonds is 2. The minimum Gasteiger partial charge on any atom is -0.219 e.